The van der Waals surface area contributed by atoms with Gasteiger partial charge in [-0.2, -0.15) is 13.2 Å². The number of alkyl halides is 4. The molecule has 0 saturated heterocycles. The topological polar surface area (TPSA) is 70.6 Å². The Balaban J connectivity index is 1.63. The predicted octanol–water partition coefficient (Wildman–Crippen LogP) is 5.18. The van der Waals surface area contributed by atoms with Gasteiger partial charge in [0.15, 0.2) is 23.3 Å². The third kappa shape index (κ3) is 4.36. The molecule has 7 nitrogen and oxygen atoms in total. The number of rotatable bonds is 5. The predicted molar refractivity (Wildman–Crippen MR) is 120 cm³/mol. The van der Waals surface area contributed by atoms with Crippen molar-refractivity contribution in [3.05, 3.63) is 66.5 Å². The third-order valence-corrected chi connectivity index (χ3v) is 5.75. The highest BCUT2D eigenvalue weighted by Crippen LogP contribution is 2.48. The Morgan fingerprint density at radius 1 is 1.17 bits per heavy atom. The summed E-state index contributed by atoms with van der Waals surface area (Å²) in [6, 6.07) is 4.49. The summed E-state index contributed by atoms with van der Waals surface area (Å²) in [5.41, 5.74) is 0.891. The molecule has 0 fully saturated rings. The minimum absolute atomic E-state index is 0.176. The molecule has 0 spiro atoms. The second-order valence-electron chi connectivity index (χ2n) is 7.95. The lowest BCUT2D eigenvalue weighted by molar-refractivity contribution is -0.144. The zero-order valence-corrected chi connectivity index (χ0v) is 18.9. The summed E-state index contributed by atoms with van der Waals surface area (Å²) in [5.74, 6) is -6.48. The van der Waals surface area contributed by atoms with Crippen LogP contribution in [0.3, 0.4) is 0 Å². The fourth-order valence-electron chi connectivity index (χ4n) is 3.98. The fraction of sp³-hybridized carbons (Fsp3) is 0.261. The Bertz CT molecular complexity index is 1260. The van der Waals surface area contributed by atoms with Crippen LogP contribution in [-0.4, -0.2) is 48.5 Å². The Hall–Kier alpha value is -4.03. The Labute approximate surface area is 201 Å². The first-order valence-electron chi connectivity index (χ1n) is 10.4. The molecular formula is C23H19F6N5O2. The summed E-state index contributed by atoms with van der Waals surface area (Å²) in [4.78, 5) is 22.1. The number of aromatic nitrogens is 2. The number of carbonyl (C=O) groups is 1. The lowest BCUT2D eigenvalue weighted by Crippen LogP contribution is -2.50. The number of nitrogens with zero attached hydrogens (tertiary/aromatic N) is 4. The molecule has 1 aromatic heterocycles. The standard InChI is InChI=1S/C23H19F6N5O2/c1-11(36-3)12-4-7-15-16(8-12)33(2)22(23(27,28)29)34(15)18-10-30-17(9-31-18)32-21(35)19-13(24)5-6-14(25)20(19)26/h4-10,13,19,22H,1H2,2-3H3,(H,30,32,35). The van der Waals surface area contributed by atoms with Crippen molar-refractivity contribution in [2.24, 2.45) is 5.92 Å². The van der Waals surface area contributed by atoms with E-state index < -0.39 is 42.0 Å². The van der Waals surface area contributed by atoms with Crippen LogP contribution in [0.15, 0.2) is 61.0 Å². The smallest absolute Gasteiger partial charge is 0.428 e. The summed E-state index contributed by atoms with van der Waals surface area (Å²) < 4.78 is 88.6. The van der Waals surface area contributed by atoms with Gasteiger partial charge in [0.1, 0.15) is 17.8 Å². The van der Waals surface area contributed by atoms with Gasteiger partial charge in [0.2, 0.25) is 12.1 Å². The maximum Gasteiger partial charge on any atom is 0.428 e. The van der Waals surface area contributed by atoms with Gasteiger partial charge in [-0.15, -0.1) is 0 Å². The average molecular weight is 511 g/mol. The molecule has 2 aliphatic rings. The summed E-state index contributed by atoms with van der Waals surface area (Å²) in [7, 11) is 2.66. The number of amides is 1. The molecule has 190 valence electrons. The van der Waals surface area contributed by atoms with Gasteiger partial charge in [-0.1, -0.05) is 6.58 Å². The molecule has 36 heavy (non-hydrogen) atoms. The van der Waals surface area contributed by atoms with Crippen LogP contribution >= 0.6 is 0 Å². The number of halogens is 6. The van der Waals surface area contributed by atoms with Crippen LogP contribution < -0.4 is 15.1 Å². The number of hydrogen-bond donors (Lipinski definition) is 1. The van der Waals surface area contributed by atoms with E-state index in [9.17, 15) is 31.1 Å². The van der Waals surface area contributed by atoms with Crippen molar-refractivity contribution in [3.8, 4) is 0 Å². The Morgan fingerprint density at radius 2 is 1.89 bits per heavy atom. The monoisotopic (exact) mass is 511 g/mol. The van der Waals surface area contributed by atoms with Crippen molar-refractivity contribution < 1.29 is 35.9 Å². The van der Waals surface area contributed by atoms with Crippen molar-refractivity contribution in [1.82, 2.24) is 9.97 Å². The van der Waals surface area contributed by atoms with Crippen LogP contribution in [0.5, 0.6) is 0 Å². The first-order valence-corrected chi connectivity index (χ1v) is 10.4. The van der Waals surface area contributed by atoms with Crippen LogP contribution in [-0.2, 0) is 9.53 Å². The van der Waals surface area contributed by atoms with Crippen LogP contribution in [0.4, 0.5) is 49.4 Å². The SMILES string of the molecule is C=C(OC)c1ccc2c(c1)N(C)C(C(F)(F)F)N2c1cnc(NC(=O)C2C(F)=C(F)C=CC2F)cn1. The minimum atomic E-state index is -4.71. The van der Waals surface area contributed by atoms with Crippen molar-refractivity contribution in [2.75, 3.05) is 29.3 Å². The van der Waals surface area contributed by atoms with E-state index in [0.29, 0.717) is 17.7 Å². The molecule has 1 N–H and O–H groups in total. The second-order valence-corrected chi connectivity index (χ2v) is 7.95. The summed E-state index contributed by atoms with van der Waals surface area (Å²) >= 11 is 0. The van der Waals surface area contributed by atoms with Gasteiger partial charge < -0.3 is 15.0 Å². The summed E-state index contributed by atoms with van der Waals surface area (Å²) in [6.07, 6.45) is -5.77. The van der Waals surface area contributed by atoms with E-state index >= 15 is 0 Å². The maximum absolute atomic E-state index is 14.1. The number of anilines is 4. The number of nitrogens with one attached hydrogen (secondary N) is 1. The highest BCUT2D eigenvalue weighted by Gasteiger charge is 2.52. The number of carbonyl (C=O) groups excluding carboxylic acids is 1. The Kier molecular flexibility index (Phi) is 6.41. The van der Waals surface area contributed by atoms with Gasteiger partial charge in [-0.3, -0.25) is 9.69 Å². The minimum Gasteiger partial charge on any atom is -0.497 e. The zero-order valence-electron chi connectivity index (χ0n) is 18.9. The zero-order chi connectivity index (χ0) is 26.4. The van der Waals surface area contributed by atoms with Gasteiger partial charge in [0.25, 0.3) is 0 Å². The molecule has 3 atom stereocenters. The summed E-state index contributed by atoms with van der Waals surface area (Å²) in [6.45, 7) is 3.71. The molecule has 1 aromatic carbocycles. The second kappa shape index (κ2) is 9.21. The van der Waals surface area contributed by atoms with Crippen LogP contribution in [0.25, 0.3) is 5.76 Å². The molecule has 2 heterocycles. The molecule has 4 rings (SSSR count). The molecule has 0 bridgehead atoms. The number of fused-ring (bicyclic) bond motifs is 1. The molecule has 1 aliphatic carbocycles. The molecular weight excluding hydrogens is 492 g/mol. The van der Waals surface area contributed by atoms with E-state index in [0.717, 1.165) is 22.2 Å². The van der Waals surface area contributed by atoms with E-state index in [2.05, 4.69) is 21.9 Å². The van der Waals surface area contributed by atoms with Gasteiger partial charge in [-0.25, -0.2) is 23.1 Å². The van der Waals surface area contributed by atoms with E-state index in [4.69, 9.17) is 4.74 Å². The van der Waals surface area contributed by atoms with E-state index in [1.54, 1.807) is 6.07 Å². The first-order chi connectivity index (χ1) is 16.9. The number of benzene rings is 1. The largest absolute Gasteiger partial charge is 0.497 e. The number of allylic oxidation sites excluding steroid dienone is 3. The van der Waals surface area contributed by atoms with E-state index in [1.165, 1.54) is 26.3 Å². The van der Waals surface area contributed by atoms with Crippen LogP contribution in [0, 0.1) is 5.92 Å². The Morgan fingerprint density at radius 3 is 2.50 bits per heavy atom. The number of hydrogen-bond acceptors (Lipinski definition) is 6. The lowest BCUT2D eigenvalue weighted by atomic mass is 9.96. The molecule has 0 saturated carbocycles. The first kappa shape index (κ1) is 25.1. The third-order valence-electron chi connectivity index (χ3n) is 5.75. The summed E-state index contributed by atoms with van der Waals surface area (Å²) in [5, 5.41) is 2.10. The van der Waals surface area contributed by atoms with Crippen molar-refractivity contribution in [1.29, 1.82) is 0 Å². The fourth-order valence-corrected chi connectivity index (χ4v) is 3.98. The van der Waals surface area contributed by atoms with Crippen molar-refractivity contribution in [3.63, 3.8) is 0 Å². The normalized spacial score (nSPS) is 21.5. The molecule has 13 heteroatoms. The molecule has 2 aromatic rings. The quantitative estimate of drug-likeness (QED) is 0.441. The molecule has 1 amide bonds. The van der Waals surface area contributed by atoms with E-state index in [1.807, 2.05) is 0 Å². The van der Waals surface area contributed by atoms with E-state index in [-0.39, 0.29) is 28.8 Å². The number of ether oxygens (including phenoxy) is 1. The van der Waals surface area contributed by atoms with Gasteiger partial charge in [0, 0.05) is 12.6 Å². The number of methoxy groups -OCH3 is 1. The molecule has 1 aliphatic heterocycles. The van der Waals surface area contributed by atoms with Crippen molar-refractivity contribution in [2.45, 2.75) is 18.5 Å². The highest BCUT2D eigenvalue weighted by molar-refractivity contribution is 5.94. The average Bonchev–Trinajstić information content (AvgIpc) is 3.14. The highest BCUT2D eigenvalue weighted by atomic mass is 19.4. The van der Waals surface area contributed by atoms with Crippen LogP contribution in [0.1, 0.15) is 5.56 Å². The van der Waals surface area contributed by atoms with Crippen LogP contribution in [0.2, 0.25) is 0 Å². The maximum atomic E-state index is 14.1. The van der Waals surface area contributed by atoms with Crippen molar-refractivity contribution >= 4 is 34.7 Å². The molecule has 0 radical (unpaired) electrons. The van der Waals surface area contributed by atoms with Gasteiger partial charge in [-0.05, 0) is 30.4 Å². The van der Waals surface area contributed by atoms with Gasteiger partial charge >= 0.3 is 6.18 Å². The lowest BCUT2D eigenvalue weighted by Gasteiger charge is -2.31. The molecule has 3 unspecified atom stereocenters. The van der Waals surface area contributed by atoms with Gasteiger partial charge in [0.05, 0.1) is 30.9 Å².